The fourth-order valence-corrected chi connectivity index (χ4v) is 3.41. The second kappa shape index (κ2) is 6.97. The minimum absolute atomic E-state index is 0.248. The molecule has 0 aliphatic heterocycles. The Morgan fingerprint density at radius 3 is 2.52 bits per heavy atom. The van der Waals surface area contributed by atoms with Gasteiger partial charge in [0.1, 0.15) is 0 Å². The van der Waals surface area contributed by atoms with Crippen molar-refractivity contribution < 1.29 is 4.79 Å². The molecule has 4 nitrogen and oxygen atoms in total. The van der Waals surface area contributed by atoms with E-state index in [0.29, 0.717) is 25.7 Å². The molecule has 0 saturated carbocycles. The van der Waals surface area contributed by atoms with Crippen molar-refractivity contribution in [1.82, 2.24) is 10.2 Å². The average Bonchev–Trinajstić information content (AvgIpc) is 2.96. The molecule has 0 fully saturated rings. The number of anilines is 1. The van der Waals surface area contributed by atoms with Crippen LogP contribution in [0.3, 0.4) is 0 Å². The molecular weight excluding hydrogens is 421 g/mol. The Morgan fingerprint density at radius 2 is 1.83 bits per heavy atom. The first-order valence-electron chi connectivity index (χ1n) is 6.39. The summed E-state index contributed by atoms with van der Waals surface area (Å²) in [6, 6.07) is 12.2. The van der Waals surface area contributed by atoms with E-state index in [9.17, 15) is 4.79 Å². The maximum Gasteiger partial charge on any atom is 0.257 e. The average molecular weight is 429 g/mol. The first-order valence-corrected chi connectivity index (χ1v) is 8.75. The van der Waals surface area contributed by atoms with Crippen LogP contribution in [0.2, 0.25) is 10.0 Å². The maximum absolute atomic E-state index is 12.2. The Hall–Kier alpha value is -1.47. The lowest BCUT2D eigenvalue weighted by Crippen LogP contribution is -2.11. The van der Waals surface area contributed by atoms with Crippen molar-refractivity contribution in [2.45, 2.75) is 0 Å². The second-order valence-electron chi connectivity index (χ2n) is 4.50. The molecule has 3 rings (SSSR count). The molecular formula is C15H8BrCl2N3OS. The molecule has 0 aliphatic carbocycles. The van der Waals surface area contributed by atoms with E-state index in [1.165, 1.54) is 11.3 Å². The molecule has 116 valence electrons. The van der Waals surface area contributed by atoms with E-state index in [1.807, 2.05) is 0 Å². The van der Waals surface area contributed by atoms with Gasteiger partial charge >= 0.3 is 0 Å². The van der Waals surface area contributed by atoms with E-state index in [0.717, 1.165) is 10.0 Å². The summed E-state index contributed by atoms with van der Waals surface area (Å²) in [5.41, 5.74) is 1.26. The lowest BCUT2D eigenvalue weighted by Gasteiger charge is -2.01. The van der Waals surface area contributed by atoms with Gasteiger partial charge in [0, 0.05) is 20.6 Å². The largest absolute Gasteiger partial charge is 0.296 e. The Kier molecular flexibility index (Phi) is 4.96. The van der Waals surface area contributed by atoms with Crippen LogP contribution < -0.4 is 5.32 Å². The highest BCUT2D eigenvalue weighted by atomic mass is 79.9. The van der Waals surface area contributed by atoms with Gasteiger partial charge in [0.15, 0.2) is 5.01 Å². The van der Waals surface area contributed by atoms with Crippen molar-refractivity contribution in [2.24, 2.45) is 0 Å². The fourth-order valence-electron chi connectivity index (χ4n) is 1.82. The second-order valence-corrected chi connectivity index (χ2v) is 7.23. The standard InChI is InChI=1S/C15H8BrCl2N3OS/c16-9-3-1-8(2-4-9)13(22)19-15-21-20-14(23-15)11-6-5-10(17)7-12(11)18/h1-7H,(H,19,21,22). The Morgan fingerprint density at radius 1 is 1.09 bits per heavy atom. The topological polar surface area (TPSA) is 54.9 Å². The highest BCUT2D eigenvalue weighted by Gasteiger charge is 2.13. The molecule has 2 aromatic carbocycles. The molecule has 0 spiro atoms. The molecule has 0 aliphatic rings. The Balaban J connectivity index is 1.79. The van der Waals surface area contributed by atoms with Crippen LogP contribution in [-0.2, 0) is 0 Å². The van der Waals surface area contributed by atoms with Crippen molar-refractivity contribution in [3.05, 3.63) is 62.5 Å². The Bertz CT molecular complexity index is 867. The highest BCUT2D eigenvalue weighted by Crippen LogP contribution is 2.33. The molecule has 8 heteroatoms. The van der Waals surface area contributed by atoms with Gasteiger partial charge in [-0.15, -0.1) is 10.2 Å². The molecule has 1 aromatic heterocycles. The number of carbonyl (C=O) groups excluding carboxylic acids is 1. The van der Waals surface area contributed by atoms with Crippen LogP contribution in [0.5, 0.6) is 0 Å². The summed E-state index contributed by atoms with van der Waals surface area (Å²) < 4.78 is 0.907. The maximum atomic E-state index is 12.2. The van der Waals surface area contributed by atoms with Crippen LogP contribution in [-0.4, -0.2) is 16.1 Å². The van der Waals surface area contributed by atoms with Crippen LogP contribution in [0, 0.1) is 0 Å². The zero-order valence-corrected chi connectivity index (χ0v) is 15.3. The summed E-state index contributed by atoms with van der Waals surface area (Å²) in [6.45, 7) is 0. The molecule has 0 saturated heterocycles. The van der Waals surface area contributed by atoms with Gasteiger partial charge in [0.05, 0.1) is 5.02 Å². The molecule has 1 heterocycles. The van der Waals surface area contributed by atoms with Gasteiger partial charge in [0.2, 0.25) is 5.13 Å². The number of carbonyl (C=O) groups is 1. The van der Waals surface area contributed by atoms with Gasteiger partial charge < -0.3 is 0 Å². The summed E-state index contributed by atoms with van der Waals surface area (Å²) in [7, 11) is 0. The SMILES string of the molecule is O=C(Nc1nnc(-c2ccc(Cl)cc2Cl)s1)c1ccc(Br)cc1. The lowest BCUT2D eigenvalue weighted by molar-refractivity contribution is 0.102. The predicted octanol–water partition coefficient (Wildman–Crippen LogP) is 5.53. The van der Waals surface area contributed by atoms with Crippen LogP contribution in [0.1, 0.15) is 10.4 Å². The van der Waals surface area contributed by atoms with E-state index < -0.39 is 0 Å². The number of hydrogen-bond acceptors (Lipinski definition) is 4. The zero-order valence-electron chi connectivity index (χ0n) is 11.4. The van der Waals surface area contributed by atoms with Gasteiger partial charge in [-0.2, -0.15) is 0 Å². The van der Waals surface area contributed by atoms with Crippen LogP contribution in [0.4, 0.5) is 5.13 Å². The normalized spacial score (nSPS) is 10.6. The van der Waals surface area contributed by atoms with Gasteiger partial charge in [-0.3, -0.25) is 10.1 Å². The third kappa shape index (κ3) is 3.90. The number of rotatable bonds is 3. The number of nitrogens with one attached hydrogen (secondary N) is 1. The van der Waals surface area contributed by atoms with E-state index in [-0.39, 0.29) is 5.91 Å². The minimum Gasteiger partial charge on any atom is -0.296 e. The van der Waals surface area contributed by atoms with Crippen molar-refractivity contribution in [3.63, 3.8) is 0 Å². The van der Waals surface area contributed by atoms with Crippen LogP contribution >= 0.6 is 50.5 Å². The molecule has 0 atom stereocenters. The smallest absolute Gasteiger partial charge is 0.257 e. The van der Waals surface area contributed by atoms with Crippen molar-refractivity contribution in [2.75, 3.05) is 5.32 Å². The number of hydrogen-bond donors (Lipinski definition) is 1. The Labute approximate surface area is 154 Å². The predicted molar refractivity (Wildman–Crippen MR) is 97.5 cm³/mol. The van der Waals surface area contributed by atoms with Gasteiger partial charge in [-0.1, -0.05) is 50.5 Å². The molecule has 1 amide bonds. The van der Waals surface area contributed by atoms with E-state index in [2.05, 4.69) is 31.4 Å². The molecule has 0 bridgehead atoms. The van der Waals surface area contributed by atoms with Crippen LogP contribution in [0.15, 0.2) is 46.9 Å². The summed E-state index contributed by atoms with van der Waals surface area (Å²) in [6.07, 6.45) is 0. The van der Waals surface area contributed by atoms with Crippen molar-refractivity contribution in [1.29, 1.82) is 0 Å². The fraction of sp³-hybridized carbons (Fsp3) is 0. The van der Waals surface area contributed by atoms with E-state index in [4.69, 9.17) is 23.2 Å². The summed E-state index contributed by atoms with van der Waals surface area (Å²) >= 11 is 16.6. The van der Waals surface area contributed by atoms with Crippen molar-refractivity contribution >= 4 is 61.5 Å². The minimum atomic E-state index is -0.248. The third-order valence-electron chi connectivity index (χ3n) is 2.91. The van der Waals surface area contributed by atoms with Gasteiger partial charge in [0.25, 0.3) is 5.91 Å². The molecule has 23 heavy (non-hydrogen) atoms. The number of halogens is 3. The first-order chi connectivity index (χ1) is 11.0. The summed E-state index contributed by atoms with van der Waals surface area (Å²) in [5, 5.41) is 12.8. The molecule has 0 unspecified atom stereocenters. The molecule has 3 aromatic rings. The monoisotopic (exact) mass is 427 g/mol. The van der Waals surface area contributed by atoms with E-state index >= 15 is 0 Å². The highest BCUT2D eigenvalue weighted by molar-refractivity contribution is 9.10. The van der Waals surface area contributed by atoms with E-state index in [1.54, 1.807) is 42.5 Å². The summed E-state index contributed by atoms with van der Waals surface area (Å²) in [4.78, 5) is 12.2. The van der Waals surface area contributed by atoms with Gasteiger partial charge in [-0.05, 0) is 42.5 Å². The quantitative estimate of drug-likeness (QED) is 0.596. The number of nitrogens with zero attached hydrogens (tertiary/aromatic N) is 2. The van der Waals surface area contributed by atoms with Crippen LogP contribution in [0.25, 0.3) is 10.6 Å². The first kappa shape index (κ1) is 16.4. The third-order valence-corrected chi connectivity index (χ3v) is 4.86. The number of aromatic nitrogens is 2. The number of amides is 1. The zero-order chi connectivity index (χ0) is 16.4. The molecule has 1 N–H and O–H groups in total. The summed E-state index contributed by atoms with van der Waals surface area (Å²) in [5.74, 6) is -0.248. The number of benzene rings is 2. The lowest BCUT2D eigenvalue weighted by atomic mass is 10.2. The molecule has 0 radical (unpaired) electrons. The van der Waals surface area contributed by atoms with Gasteiger partial charge in [-0.25, -0.2) is 0 Å². The van der Waals surface area contributed by atoms with Crippen molar-refractivity contribution in [3.8, 4) is 10.6 Å².